The summed E-state index contributed by atoms with van der Waals surface area (Å²) < 4.78 is 0. The highest BCUT2D eigenvalue weighted by Crippen LogP contribution is 2.56. The van der Waals surface area contributed by atoms with Crippen LogP contribution in [-0.4, -0.2) is 29.0 Å². The van der Waals surface area contributed by atoms with Crippen LogP contribution in [0.2, 0.25) is 0 Å². The molecule has 0 N–H and O–H groups in total. The maximum absolute atomic E-state index is 13.1. The Labute approximate surface area is 137 Å². The second-order valence-corrected chi connectivity index (χ2v) is 7.78. The standard InChI is InChI=1S/C19H24N2O2/c1-12-19(2,16-10-13-7-8-15(16)9-13)18(23)21(20-12)11-17(22)14-5-3-4-6-14/h3-5,13,15-16H,6-11H2,1-2H3/t13?,15?,16?,19-/m1/s1. The van der Waals surface area contributed by atoms with E-state index in [0.717, 1.165) is 23.6 Å². The number of amides is 1. The van der Waals surface area contributed by atoms with Gasteiger partial charge in [-0.3, -0.25) is 9.59 Å². The lowest BCUT2D eigenvalue weighted by molar-refractivity contribution is -0.140. The molecule has 122 valence electrons. The van der Waals surface area contributed by atoms with Gasteiger partial charge in [0.1, 0.15) is 6.54 Å². The summed E-state index contributed by atoms with van der Waals surface area (Å²) in [6.07, 6.45) is 11.4. The third-order valence-corrected chi connectivity index (χ3v) is 6.60. The molecular formula is C19H24N2O2. The van der Waals surface area contributed by atoms with Crippen LogP contribution in [0.25, 0.3) is 0 Å². The highest BCUT2D eigenvalue weighted by molar-refractivity contribution is 6.12. The van der Waals surface area contributed by atoms with E-state index in [1.807, 2.05) is 25.2 Å². The summed E-state index contributed by atoms with van der Waals surface area (Å²) in [7, 11) is 0. The SMILES string of the molecule is CC1=NN(CC(=O)C2=CC=CC2)C(=O)[C@@]1(C)C1CC2CCC1C2. The summed E-state index contributed by atoms with van der Waals surface area (Å²) >= 11 is 0. The van der Waals surface area contributed by atoms with Crippen molar-refractivity contribution >= 4 is 17.4 Å². The fraction of sp³-hybridized carbons (Fsp3) is 0.632. The van der Waals surface area contributed by atoms with Gasteiger partial charge in [0, 0.05) is 5.57 Å². The van der Waals surface area contributed by atoms with Crippen LogP contribution in [0.3, 0.4) is 0 Å². The van der Waals surface area contributed by atoms with Crippen LogP contribution < -0.4 is 0 Å². The van der Waals surface area contributed by atoms with Gasteiger partial charge < -0.3 is 0 Å². The van der Waals surface area contributed by atoms with E-state index in [1.165, 1.54) is 24.3 Å². The molecule has 3 aliphatic carbocycles. The van der Waals surface area contributed by atoms with Crippen LogP contribution in [0, 0.1) is 23.2 Å². The highest BCUT2D eigenvalue weighted by atomic mass is 16.2. The van der Waals surface area contributed by atoms with Crippen molar-refractivity contribution in [1.82, 2.24) is 5.01 Å². The second kappa shape index (κ2) is 5.15. The average molecular weight is 312 g/mol. The van der Waals surface area contributed by atoms with Gasteiger partial charge in [0.05, 0.1) is 11.1 Å². The maximum atomic E-state index is 13.1. The Morgan fingerprint density at radius 2 is 2.22 bits per heavy atom. The van der Waals surface area contributed by atoms with E-state index in [-0.39, 0.29) is 18.2 Å². The quantitative estimate of drug-likeness (QED) is 0.801. The Kier molecular flexibility index (Phi) is 3.33. The number of Topliss-reactive ketones (excluding diaryl/α,β-unsaturated/α-hetero) is 1. The van der Waals surface area contributed by atoms with Crippen LogP contribution in [0.15, 0.2) is 28.9 Å². The summed E-state index contributed by atoms with van der Waals surface area (Å²) in [5.74, 6) is 1.92. The largest absolute Gasteiger partial charge is 0.292 e. The van der Waals surface area contributed by atoms with Gasteiger partial charge in [-0.15, -0.1) is 0 Å². The van der Waals surface area contributed by atoms with Crippen LogP contribution >= 0.6 is 0 Å². The molecule has 0 saturated heterocycles. The summed E-state index contributed by atoms with van der Waals surface area (Å²) in [6, 6.07) is 0. The van der Waals surface area contributed by atoms with Crippen LogP contribution in [0.5, 0.6) is 0 Å². The number of allylic oxidation sites excluding steroid dienone is 3. The average Bonchev–Trinajstić information content (AvgIpc) is 3.30. The number of hydrogen-bond donors (Lipinski definition) is 0. The number of hydrogen-bond acceptors (Lipinski definition) is 3. The van der Waals surface area contributed by atoms with Gasteiger partial charge in [0.2, 0.25) is 0 Å². The van der Waals surface area contributed by atoms with Gasteiger partial charge >= 0.3 is 0 Å². The summed E-state index contributed by atoms with van der Waals surface area (Å²) in [5.41, 5.74) is 1.17. The molecule has 0 radical (unpaired) electrons. The number of hydrazone groups is 1. The Morgan fingerprint density at radius 1 is 1.39 bits per heavy atom. The molecule has 2 saturated carbocycles. The van der Waals surface area contributed by atoms with E-state index < -0.39 is 5.41 Å². The number of carbonyl (C=O) groups excluding carboxylic acids is 2. The highest BCUT2D eigenvalue weighted by Gasteiger charge is 2.57. The second-order valence-electron chi connectivity index (χ2n) is 7.78. The van der Waals surface area contributed by atoms with Gasteiger partial charge in [-0.25, -0.2) is 5.01 Å². The smallest absolute Gasteiger partial charge is 0.255 e. The summed E-state index contributed by atoms with van der Waals surface area (Å²) in [6.45, 7) is 4.10. The first kappa shape index (κ1) is 14.9. The molecule has 4 rings (SSSR count). The normalized spacial score (nSPS) is 38.4. The van der Waals surface area contributed by atoms with E-state index in [9.17, 15) is 9.59 Å². The van der Waals surface area contributed by atoms with Crippen molar-refractivity contribution in [3.8, 4) is 0 Å². The van der Waals surface area contributed by atoms with E-state index in [2.05, 4.69) is 12.0 Å². The lowest BCUT2D eigenvalue weighted by Crippen LogP contribution is -2.45. The van der Waals surface area contributed by atoms with Gasteiger partial charge in [0.25, 0.3) is 5.91 Å². The molecule has 4 heteroatoms. The molecule has 1 heterocycles. The fourth-order valence-corrected chi connectivity index (χ4v) is 5.13. The molecule has 0 aromatic rings. The summed E-state index contributed by atoms with van der Waals surface area (Å²) in [5, 5.41) is 5.93. The lowest BCUT2D eigenvalue weighted by Gasteiger charge is -2.35. The van der Waals surface area contributed by atoms with Gasteiger partial charge in [-0.05, 0) is 57.3 Å². The van der Waals surface area contributed by atoms with Crippen molar-refractivity contribution in [3.63, 3.8) is 0 Å². The minimum Gasteiger partial charge on any atom is -0.292 e. The minimum atomic E-state index is -0.498. The molecule has 4 atom stereocenters. The molecule has 2 bridgehead atoms. The maximum Gasteiger partial charge on any atom is 0.255 e. The Bertz CT molecular complexity index is 660. The number of fused-ring (bicyclic) bond motifs is 2. The number of rotatable bonds is 4. The third kappa shape index (κ3) is 2.14. The van der Waals surface area contributed by atoms with Crippen molar-refractivity contribution in [1.29, 1.82) is 0 Å². The molecule has 3 unspecified atom stereocenters. The van der Waals surface area contributed by atoms with E-state index in [4.69, 9.17) is 0 Å². The van der Waals surface area contributed by atoms with Crippen molar-refractivity contribution in [2.24, 2.45) is 28.3 Å². The van der Waals surface area contributed by atoms with Gasteiger partial charge in [-0.1, -0.05) is 24.6 Å². The Morgan fingerprint density at radius 3 is 2.83 bits per heavy atom. The molecule has 0 aromatic carbocycles. The zero-order valence-electron chi connectivity index (χ0n) is 13.9. The zero-order chi connectivity index (χ0) is 16.2. The Balaban J connectivity index is 1.52. The number of ketones is 1. The molecule has 2 fully saturated rings. The van der Waals surface area contributed by atoms with Crippen LogP contribution in [-0.2, 0) is 9.59 Å². The molecule has 4 nitrogen and oxygen atoms in total. The van der Waals surface area contributed by atoms with Crippen molar-refractivity contribution in [3.05, 3.63) is 23.8 Å². The number of carbonyl (C=O) groups is 2. The first-order valence-electron chi connectivity index (χ1n) is 8.76. The molecular weight excluding hydrogens is 288 g/mol. The van der Waals surface area contributed by atoms with Crippen molar-refractivity contribution in [2.45, 2.75) is 46.0 Å². The van der Waals surface area contributed by atoms with Gasteiger partial charge in [-0.2, -0.15) is 5.10 Å². The lowest BCUT2D eigenvalue weighted by atomic mass is 9.66. The first-order valence-corrected chi connectivity index (χ1v) is 8.76. The number of nitrogens with zero attached hydrogens (tertiary/aromatic N) is 2. The molecule has 4 aliphatic rings. The van der Waals surface area contributed by atoms with E-state index >= 15 is 0 Å². The minimum absolute atomic E-state index is 0.0112. The molecule has 1 amide bonds. The predicted molar refractivity (Wildman–Crippen MR) is 88.7 cm³/mol. The topological polar surface area (TPSA) is 49.7 Å². The van der Waals surface area contributed by atoms with E-state index in [1.54, 1.807) is 0 Å². The first-order chi connectivity index (χ1) is 11.0. The van der Waals surface area contributed by atoms with Crippen LogP contribution in [0.1, 0.15) is 46.0 Å². The predicted octanol–water partition coefficient (Wildman–Crippen LogP) is 3.10. The molecule has 0 spiro atoms. The van der Waals surface area contributed by atoms with E-state index in [0.29, 0.717) is 18.3 Å². The molecule has 1 aliphatic heterocycles. The zero-order valence-corrected chi connectivity index (χ0v) is 13.9. The fourth-order valence-electron chi connectivity index (χ4n) is 5.13. The molecule has 0 aromatic heterocycles. The van der Waals surface area contributed by atoms with Crippen LogP contribution in [0.4, 0.5) is 0 Å². The van der Waals surface area contributed by atoms with Crippen molar-refractivity contribution in [2.75, 3.05) is 6.54 Å². The van der Waals surface area contributed by atoms with Crippen molar-refractivity contribution < 1.29 is 9.59 Å². The Hall–Kier alpha value is -1.71. The molecule has 23 heavy (non-hydrogen) atoms. The summed E-state index contributed by atoms with van der Waals surface area (Å²) in [4.78, 5) is 25.4. The van der Waals surface area contributed by atoms with Gasteiger partial charge in [0.15, 0.2) is 5.78 Å². The third-order valence-electron chi connectivity index (χ3n) is 6.60. The monoisotopic (exact) mass is 312 g/mol.